The molecule has 7 rings (SSSR count). The first kappa shape index (κ1) is 21.8. The Morgan fingerprint density at radius 1 is 0.811 bits per heavy atom. The smallest absolute Gasteiger partial charge is 0.121 e. The second-order valence-corrected chi connectivity index (χ2v) is 9.95. The van der Waals surface area contributed by atoms with Crippen molar-refractivity contribution in [2.45, 2.75) is 19.5 Å². The predicted octanol–water partition coefficient (Wildman–Crippen LogP) is 7.58. The summed E-state index contributed by atoms with van der Waals surface area (Å²) in [6, 6.07) is 32.3. The number of benzene rings is 4. The van der Waals surface area contributed by atoms with Crippen LogP contribution in [0.25, 0.3) is 49.3 Å². The van der Waals surface area contributed by atoms with Crippen LogP contribution >= 0.6 is 0 Å². The van der Waals surface area contributed by atoms with Gasteiger partial charge in [0.25, 0.3) is 0 Å². The minimum Gasteiger partial charge on any atom is -0.309 e. The molecule has 2 aromatic heterocycles. The first-order valence-corrected chi connectivity index (χ1v) is 12.9. The van der Waals surface area contributed by atoms with E-state index < -0.39 is 0 Å². The van der Waals surface area contributed by atoms with Crippen LogP contribution in [0.5, 0.6) is 0 Å². The molecule has 37 heavy (non-hydrogen) atoms. The van der Waals surface area contributed by atoms with E-state index in [-0.39, 0.29) is 6.17 Å². The van der Waals surface area contributed by atoms with Crippen LogP contribution in [0.15, 0.2) is 120 Å². The molecule has 0 saturated carbocycles. The fraction of sp³-hybridized carbons (Fsp3) is 0.121. The van der Waals surface area contributed by atoms with Crippen molar-refractivity contribution >= 4 is 50.0 Å². The number of hydrogen-bond acceptors (Lipinski definition) is 2. The van der Waals surface area contributed by atoms with Gasteiger partial charge in [0.1, 0.15) is 6.17 Å². The summed E-state index contributed by atoms with van der Waals surface area (Å²) in [7, 11) is 0. The van der Waals surface area contributed by atoms with E-state index in [1.54, 1.807) is 0 Å². The third kappa shape index (κ3) is 3.45. The lowest BCUT2D eigenvalue weighted by atomic mass is 9.94. The van der Waals surface area contributed by atoms with Gasteiger partial charge >= 0.3 is 0 Å². The van der Waals surface area contributed by atoms with Gasteiger partial charge in [-0.3, -0.25) is 9.56 Å². The zero-order valence-corrected chi connectivity index (χ0v) is 20.8. The van der Waals surface area contributed by atoms with Gasteiger partial charge in [0.15, 0.2) is 0 Å². The average Bonchev–Trinajstić information content (AvgIpc) is 3.45. The van der Waals surface area contributed by atoms with Crippen LogP contribution in [0.4, 0.5) is 0 Å². The van der Waals surface area contributed by atoms with Crippen molar-refractivity contribution in [3.63, 3.8) is 0 Å². The Balaban J connectivity index is 1.54. The molecule has 6 aromatic rings. The minimum absolute atomic E-state index is 0.367. The maximum Gasteiger partial charge on any atom is 0.121 e. The van der Waals surface area contributed by atoms with Crippen LogP contribution in [0.1, 0.15) is 13.3 Å². The molecule has 0 fully saturated rings. The van der Waals surface area contributed by atoms with Crippen LogP contribution in [0.2, 0.25) is 0 Å². The van der Waals surface area contributed by atoms with Gasteiger partial charge in [-0.05, 0) is 48.2 Å². The van der Waals surface area contributed by atoms with E-state index in [1.165, 1.54) is 32.6 Å². The highest BCUT2D eigenvalue weighted by Crippen LogP contribution is 2.40. The fourth-order valence-corrected chi connectivity index (χ4v) is 5.85. The molecular weight excluding hydrogens is 452 g/mol. The summed E-state index contributed by atoms with van der Waals surface area (Å²) in [5.74, 6) is 0.484. The van der Waals surface area contributed by atoms with Gasteiger partial charge in [-0.25, -0.2) is 0 Å². The first-order valence-electron chi connectivity index (χ1n) is 12.9. The molecule has 0 aliphatic heterocycles. The average molecular weight is 481 g/mol. The van der Waals surface area contributed by atoms with E-state index in [0.29, 0.717) is 5.92 Å². The highest BCUT2D eigenvalue weighted by Gasteiger charge is 2.19. The summed E-state index contributed by atoms with van der Waals surface area (Å²) in [6.07, 6.45) is 8.94. The molecule has 2 atom stereocenters. The number of rotatable bonds is 4. The number of allylic oxidation sites excluding steroid dienone is 3. The molecule has 2 unspecified atom stereocenters. The Hall–Kier alpha value is -4.41. The summed E-state index contributed by atoms with van der Waals surface area (Å²) in [6.45, 7) is 2.21. The van der Waals surface area contributed by atoms with E-state index in [2.05, 4.69) is 125 Å². The van der Waals surface area contributed by atoms with Crippen LogP contribution in [0.3, 0.4) is 0 Å². The molecule has 0 bridgehead atoms. The normalized spacial score (nSPS) is 16.9. The summed E-state index contributed by atoms with van der Waals surface area (Å²) in [4.78, 5) is 4.88. The molecular formula is C33H28N4. The standard InChI is InChI=1S/C33H28N4/c1-22-10-9-11-23(20-22)33(34)35-21-36-28-16-7-5-14-25(28)26-18-19-30-31(32(26)36)27-15-6-8-17-29(27)37(30)24-12-3-2-4-13-24/h2-19,21-22,33H,20,34H2,1H3/b35-21+. The number of aliphatic imine (C=N–C) groups is 1. The van der Waals surface area contributed by atoms with Gasteiger partial charge in [-0.2, -0.15) is 0 Å². The third-order valence-corrected chi connectivity index (χ3v) is 7.55. The van der Waals surface area contributed by atoms with Crippen molar-refractivity contribution in [3.05, 3.63) is 115 Å². The van der Waals surface area contributed by atoms with Crippen LogP contribution in [-0.2, 0) is 0 Å². The lowest BCUT2D eigenvalue weighted by molar-refractivity contribution is 0.648. The Bertz CT molecular complexity index is 1880. The molecule has 2 heterocycles. The van der Waals surface area contributed by atoms with Crippen molar-refractivity contribution in [1.82, 2.24) is 9.13 Å². The van der Waals surface area contributed by atoms with Gasteiger partial charge in [-0.1, -0.05) is 85.8 Å². The molecule has 1 aliphatic carbocycles. The van der Waals surface area contributed by atoms with Crippen molar-refractivity contribution in [2.24, 2.45) is 16.6 Å². The van der Waals surface area contributed by atoms with Crippen LogP contribution in [0, 0.1) is 5.92 Å². The summed E-state index contributed by atoms with van der Waals surface area (Å²) in [5.41, 5.74) is 13.5. The van der Waals surface area contributed by atoms with Crippen molar-refractivity contribution in [1.29, 1.82) is 0 Å². The zero-order valence-electron chi connectivity index (χ0n) is 20.8. The molecule has 180 valence electrons. The predicted molar refractivity (Wildman–Crippen MR) is 157 cm³/mol. The lowest BCUT2D eigenvalue weighted by Gasteiger charge is -2.17. The molecule has 0 spiro atoms. The monoisotopic (exact) mass is 480 g/mol. The molecule has 4 heteroatoms. The lowest BCUT2D eigenvalue weighted by Crippen LogP contribution is -2.23. The number of fused-ring (bicyclic) bond motifs is 7. The Morgan fingerprint density at radius 3 is 2.35 bits per heavy atom. The van der Waals surface area contributed by atoms with Crippen molar-refractivity contribution < 1.29 is 0 Å². The number of hydrogen-bond donors (Lipinski definition) is 1. The highest BCUT2D eigenvalue weighted by molar-refractivity contribution is 6.27. The molecule has 2 N–H and O–H groups in total. The third-order valence-electron chi connectivity index (χ3n) is 7.55. The molecule has 0 amide bonds. The highest BCUT2D eigenvalue weighted by atomic mass is 15.1. The Morgan fingerprint density at radius 2 is 1.54 bits per heavy atom. The number of para-hydroxylation sites is 3. The van der Waals surface area contributed by atoms with Gasteiger partial charge in [-0.15, -0.1) is 0 Å². The first-order chi connectivity index (χ1) is 18.2. The fourth-order valence-electron chi connectivity index (χ4n) is 5.85. The number of nitrogens with zero attached hydrogens (tertiary/aromatic N) is 3. The summed E-state index contributed by atoms with van der Waals surface area (Å²) < 4.78 is 4.59. The second-order valence-electron chi connectivity index (χ2n) is 9.95. The SMILES string of the molecule is CC1C=CC=C(C(N)/N=C/n2c3ccccc3c3ccc4c(c5ccccc5n4-c4ccccc4)c32)C1. The Labute approximate surface area is 215 Å². The number of aromatic nitrogens is 2. The van der Waals surface area contributed by atoms with Gasteiger partial charge in [0, 0.05) is 27.2 Å². The van der Waals surface area contributed by atoms with Gasteiger partial charge in [0.05, 0.1) is 28.4 Å². The summed E-state index contributed by atoms with van der Waals surface area (Å²) >= 11 is 0. The maximum atomic E-state index is 6.58. The van der Waals surface area contributed by atoms with E-state index in [4.69, 9.17) is 10.7 Å². The van der Waals surface area contributed by atoms with Crippen molar-refractivity contribution in [2.75, 3.05) is 0 Å². The summed E-state index contributed by atoms with van der Waals surface area (Å²) in [5, 5.41) is 4.88. The zero-order chi connectivity index (χ0) is 24.9. The van der Waals surface area contributed by atoms with E-state index in [9.17, 15) is 0 Å². The molecule has 0 saturated heterocycles. The van der Waals surface area contributed by atoms with Crippen LogP contribution < -0.4 is 5.73 Å². The quantitative estimate of drug-likeness (QED) is 0.205. The van der Waals surface area contributed by atoms with E-state index in [1.807, 2.05) is 6.34 Å². The molecule has 4 aromatic carbocycles. The number of nitrogens with two attached hydrogens (primary N) is 1. The van der Waals surface area contributed by atoms with Gasteiger partial charge in [0.2, 0.25) is 0 Å². The molecule has 0 radical (unpaired) electrons. The van der Waals surface area contributed by atoms with E-state index in [0.717, 1.165) is 28.7 Å². The minimum atomic E-state index is -0.367. The largest absolute Gasteiger partial charge is 0.309 e. The van der Waals surface area contributed by atoms with Crippen molar-refractivity contribution in [3.8, 4) is 5.69 Å². The Kier molecular flexibility index (Phi) is 5.08. The molecule has 1 aliphatic rings. The van der Waals surface area contributed by atoms with Crippen LogP contribution in [-0.4, -0.2) is 21.6 Å². The topological polar surface area (TPSA) is 48.2 Å². The second kappa shape index (κ2) is 8.61. The molecule has 4 nitrogen and oxygen atoms in total. The maximum absolute atomic E-state index is 6.58. The van der Waals surface area contributed by atoms with E-state index >= 15 is 0 Å². The van der Waals surface area contributed by atoms with Gasteiger partial charge < -0.3 is 10.3 Å².